The molecule has 0 heterocycles. The van der Waals surface area contributed by atoms with Gasteiger partial charge in [0.2, 0.25) is 0 Å². The average molecular weight is 808 g/mol. The largest absolute Gasteiger partial charge is 0.309 e. The Bertz CT molecular complexity index is 3310. The van der Waals surface area contributed by atoms with Gasteiger partial charge < -0.3 is 4.90 Å². The van der Waals surface area contributed by atoms with Gasteiger partial charge in [-0.1, -0.05) is 204 Å². The van der Waals surface area contributed by atoms with E-state index in [2.05, 4.69) is 246 Å². The predicted octanol–water partition coefficient (Wildman–Crippen LogP) is 16.4. The summed E-state index contributed by atoms with van der Waals surface area (Å²) in [6, 6.07) is 77.4. The van der Waals surface area contributed by atoms with Crippen LogP contribution in [-0.2, 0) is 16.2 Å². The summed E-state index contributed by atoms with van der Waals surface area (Å²) in [5.74, 6) is 0. The Kier molecular flexibility index (Phi) is 8.13. The lowest BCUT2D eigenvalue weighted by Gasteiger charge is -2.32. The quantitative estimate of drug-likeness (QED) is 0.162. The summed E-state index contributed by atoms with van der Waals surface area (Å²) in [5.41, 5.74) is 25.2. The standard InChI is InChI=1S/C62H49N/c1-60(2)52-29-15-11-26-49(52)59-48(27-19-31-55(59)60)47-25-13-18-33-58(47)63(42-35-36-46-44-23-9-14-28-51(44)61(3,4)56(46)39-42)57-32-17-12-22-43(57)40-34-37-54-50(38-40)45-24-10-16-30-53(45)62(54,5)41-20-7-6-8-21-41/h6-39H,1-5H3. The summed E-state index contributed by atoms with van der Waals surface area (Å²) >= 11 is 0. The van der Waals surface area contributed by atoms with Crippen LogP contribution in [0.4, 0.5) is 17.1 Å². The molecule has 0 spiro atoms. The van der Waals surface area contributed by atoms with Crippen molar-refractivity contribution in [2.24, 2.45) is 0 Å². The van der Waals surface area contributed by atoms with Crippen LogP contribution in [0.2, 0.25) is 0 Å². The molecule has 0 saturated heterocycles. The molecule has 0 radical (unpaired) electrons. The van der Waals surface area contributed by atoms with Crippen LogP contribution in [0.15, 0.2) is 206 Å². The molecule has 0 bridgehead atoms. The van der Waals surface area contributed by atoms with E-state index in [9.17, 15) is 0 Å². The number of fused-ring (bicyclic) bond motifs is 9. The first-order chi connectivity index (χ1) is 30.7. The molecule has 3 aliphatic carbocycles. The maximum Gasteiger partial charge on any atom is 0.0540 e. The zero-order valence-corrected chi connectivity index (χ0v) is 36.6. The van der Waals surface area contributed by atoms with Gasteiger partial charge in [0.15, 0.2) is 0 Å². The van der Waals surface area contributed by atoms with E-state index in [0.717, 1.165) is 17.1 Å². The Morgan fingerprint density at radius 1 is 0.302 bits per heavy atom. The summed E-state index contributed by atoms with van der Waals surface area (Å²) < 4.78 is 0. The van der Waals surface area contributed by atoms with E-state index < -0.39 is 0 Å². The van der Waals surface area contributed by atoms with E-state index in [1.54, 1.807) is 0 Å². The van der Waals surface area contributed by atoms with Crippen molar-refractivity contribution in [1.82, 2.24) is 0 Å². The number of hydrogen-bond acceptors (Lipinski definition) is 1. The van der Waals surface area contributed by atoms with Crippen molar-refractivity contribution in [3.05, 3.63) is 245 Å². The zero-order chi connectivity index (χ0) is 42.7. The lowest BCUT2D eigenvalue weighted by molar-refractivity contribution is 0.660. The van der Waals surface area contributed by atoms with Crippen LogP contribution in [0.3, 0.4) is 0 Å². The highest BCUT2D eigenvalue weighted by Gasteiger charge is 2.42. The molecule has 3 aliphatic rings. The zero-order valence-electron chi connectivity index (χ0n) is 36.6. The van der Waals surface area contributed by atoms with Crippen LogP contribution in [-0.4, -0.2) is 0 Å². The molecule has 1 heteroatoms. The Labute approximate surface area is 372 Å². The van der Waals surface area contributed by atoms with E-state index in [1.807, 2.05) is 0 Å². The highest BCUT2D eigenvalue weighted by molar-refractivity contribution is 6.00. The molecule has 12 rings (SSSR count). The molecule has 63 heavy (non-hydrogen) atoms. The van der Waals surface area contributed by atoms with Crippen molar-refractivity contribution in [3.8, 4) is 55.6 Å². The minimum atomic E-state index is -0.256. The number of anilines is 3. The minimum absolute atomic E-state index is 0.105. The molecule has 9 aromatic carbocycles. The first-order valence-corrected chi connectivity index (χ1v) is 22.4. The summed E-state index contributed by atoms with van der Waals surface area (Å²) in [6.07, 6.45) is 0. The molecule has 1 atom stereocenters. The molecule has 9 aromatic rings. The maximum atomic E-state index is 2.55. The molecule has 1 nitrogen and oxygen atoms in total. The van der Waals surface area contributed by atoms with Crippen LogP contribution < -0.4 is 4.90 Å². The second kappa shape index (κ2) is 13.6. The maximum absolute atomic E-state index is 2.55. The second-order valence-electron chi connectivity index (χ2n) is 19.0. The SMILES string of the molecule is CC1(C)c2ccccc2-c2ccc(N(c3ccccc3-c3ccc4c(c3)-c3ccccc3C4(C)c3ccccc3)c3ccccc3-c3cccc4c3-c3ccccc3C4(C)C)cc21. The molecular formula is C62H49N. The molecule has 0 aliphatic heterocycles. The molecule has 1 unspecified atom stereocenters. The topological polar surface area (TPSA) is 3.24 Å². The number of rotatable bonds is 6. The fourth-order valence-corrected chi connectivity index (χ4v) is 11.8. The fourth-order valence-electron chi connectivity index (χ4n) is 11.8. The molecular weight excluding hydrogens is 759 g/mol. The van der Waals surface area contributed by atoms with E-state index >= 15 is 0 Å². The molecule has 0 amide bonds. The summed E-state index contributed by atoms with van der Waals surface area (Å²) in [4.78, 5) is 2.55. The van der Waals surface area contributed by atoms with E-state index in [-0.39, 0.29) is 16.2 Å². The number of para-hydroxylation sites is 2. The van der Waals surface area contributed by atoms with Gasteiger partial charge in [-0.3, -0.25) is 0 Å². The van der Waals surface area contributed by atoms with Gasteiger partial charge in [-0.05, 0) is 121 Å². The highest BCUT2D eigenvalue weighted by atomic mass is 15.1. The smallest absolute Gasteiger partial charge is 0.0540 e. The van der Waals surface area contributed by atoms with Crippen LogP contribution in [0.5, 0.6) is 0 Å². The first-order valence-electron chi connectivity index (χ1n) is 22.4. The summed E-state index contributed by atoms with van der Waals surface area (Å²) in [6.45, 7) is 11.9. The Hall–Kier alpha value is -7.22. The van der Waals surface area contributed by atoms with Gasteiger partial charge in [-0.2, -0.15) is 0 Å². The number of benzene rings is 9. The monoisotopic (exact) mass is 807 g/mol. The third-order valence-corrected chi connectivity index (χ3v) is 15.0. The van der Waals surface area contributed by atoms with E-state index in [4.69, 9.17) is 0 Å². The van der Waals surface area contributed by atoms with E-state index in [0.29, 0.717) is 0 Å². The molecule has 0 fully saturated rings. The Morgan fingerprint density at radius 2 is 0.794 bits per heavy atom. The van der Waals surface area contributed by atoms with Gasteiger partial charge in [0, 0.05) is 33.1 Å². The highest BCUT2D eigenvalue weighted by Crippen LogP contribution is 2.57. The average Bonchev–Trinajstić information content (AvgIpc) is 3.83. The molecule has 302 valence electrons. The fraction of sp³-hybridized carbons (Fsp3) is 0.129. The van der Waals surface area contributed by atoms with Gasteiger partial charge in [0.1, 0.15) is 0 Å². The normalized spacial score (nSPS) is 16.7. The minimum Gasteiger partial charge on any atom is -0.309 e. The first kappa shape index (κ1) is 37.5. The van der Waals surface area contributed by atoms with Crippen molar-refractivity contribution in [3.63, 3.8) is 0 Å². The van der Waals surface area contributed by atoms with Gasteiger partial charge in [0.25, 0.3) is 0 Å². The number of nitrogens with zero attached hydrogens (tertiary/aromatic N) is 1. The van der Waals surface area contributed by atoms with Crippen LogP contribution in [0.25, 0.3) is 55.6 Å². The van der Waals surface area contributed by atoms with Gasteiger partial charge in [-0.15, -0.1) is 0 Å². The molecule has 0 aromatic heterocycles. The van der Waals surface area contributed by atoms with Crippen LogP contribution in [0.1, 0.15) is 73.6 Å². The second-order valence-corrected chi connectivity index (χ2v) is 19.0. The molecule has 0 saturated carbocycles. The third-order valence-electron chi connectivity index (χ3n) is 15.0. The third kappa shape index (κ3) is 5.29. The van der Waals surface area contributed by atoms with Gasteiger partial charge in [0.05, 0.1) is 11.4 Å². The number of hydrogen-bond donors (Lipinski definition) is 0. The Balaban J connectivity index is 1.10. The van der Waals surface area contributed by atoms with Gasteiger partial charge in [-0.25, -0.2) is 0 Å². The molecule has 0 N–H and O–H groups in total. The summed E-state index contributed by atoms with van der Waals surface area (Å²) in [7, 11) is 0. The van der Waals surface area contributed by atoms with Crippen molar-refractivity contribution < 1.29 is 0 Å². The van der Waals surface area contributed by atoms with Crippen LogP contribution in [0, 0.1) is 0 Å². The van der Waals surface area contributed by atoms with Crippen molar-refractivity contribution >= 4 is 17.1 Å². The summed E-state index contributed by atoms with van der Waals surface area (Å²) in [5, 5.41) is 0. The Morgan fingerprint density at radius 3 is 1.52 bits per heavy atom. The predicted molar refractivity (Wildman–Crippen MR) is 265 cm³/mol. The van der Waals surface area contributed by atoms with Gasteiger partial charge >= 0.3 is 0 Å². The van der Waals surface area contributed by atoms with Crippen molar-refractivity contribution in [2.45, 2.75) is 50.9 Å². The lowest BCUT2D eigenvalue weighted by atomic mass is 9.74. The lowest BCUT2D eigenvalue weighted by Crippen LogP contribution is -2.22. The van der Waals surface area contributed by atoms with Crippen molar-refractivity contribution in [2.75, 3.05) is 4.90 Å². The van der Waals surface area contributed by atoms with Crippen LogP contribution >= 0.6 is 0 Å². The van der Waals surface area contributed by atoms with E-state index in [1.165, 1.54) is 94.6 Å². The van der Waals surface area contributed by atoms with Crippen molar-refractivity contribution in [1.29, 1.82) is 0 Å².